The maximum atomic E-state index is 6.11. The Hall–Kier alpha value is -3.91. The number of hydrogen-bond donors (Lipinski definition) is 1. The Morgan fingerprint density at radius 1 is 0.515 bits per heavy atom. The second-order valence-electron chi connectivity index (χ2n) is 8.85. The van der Waals surface area contributed by atoms with E-state index in [-0.39, 0.29) is 0 Å². The fourth-order valence-electron chi connectivity index (χ4n) is 5.22. The minimum atomic E-state index is 0.816. The van der Waals surface area contributed by atoms with E-state index in [0.717, 1.165) is 27.5 Å². The Bertz CT molecular complexity index is 1580. The third-order valence-corrected chi connectivity index (χ3v) is 6.89. The molecular weight excluding hydrogens is 400 g/mol. The van der Waals surface area contributed by atoms with E-state index < -0.39 is 0 Å². The molecule has 7 rings (SSSR count). The molecule has 1 aliphatic carbocycles. The van der Waals surface area contributed by atoms with Crippen LogP contribution in [0.4, 0.5) is 5.69 Å². The molecule has 2 N–H and O–H groups in total. The summed E-state index contributed by atoms with van der Waals surface area (Å²) in [5, 5.41) is 7.69. The lowest BCUT2D eigenvalue weighted by molar-refractivity contribution is 0.690. The summed E-state index contributed by atoms with van der Waals surface area (Å²) in [6.07, 6.45) is 5.22. The summed E-state index contributed by atoms with van der Waals surface area (Å²) < 4.78 is 0. The predicted molar refractivity (Wildman–Crippen MR) is 142 cm³/mol. The molecule has 160 valence electrons. The molecule has 33 heavy (non-hydrogen) atoms. The molecule has 2 nitrogen and oxygen atoms in total. The van der Waals surface area contributed by atoms with Crippen molar-refractivity contribution in [3.8, 4) is 0 Å². The number of hydrogen-bond acceptors (Lipinski definition) is 2. The van der Waals surface area contributed by atoms with Crippen molar-refractivity contribution < 1.29 is 0 Å². The van der Waals surface area contributed by atoms with Gasteiger partial charge in [-0.15, -0.1) is 0 Å². The first kappa shape index (κ1) is 19.8. The first-order chi connectivity index (χ1) is 16.3. The van der Waals surface area contributed by atoms with E-state index in [9.17, 15) is 0 Å². The normalized spacial score (nSPS) is 13.1. The van der Waals surface area contributed by atoms with E-state index in [2.05, 4.69) is 53.5 Å². The summed E-state index contributed by atoms with van der Waals surface area (Å²) in [5.41, 5.74) is 12.0. The Morgan fingerprint density at radius 2 is 1.12 bits per heavy atom. The van der Waals surface area contributed by atoms with Gasteiger partial charge < -0.3 is 5.73 Å². The number of rotatable bonds is 0. The first-order valence-corrected chi connectivity index (χ1v) is 11.7. The van der Waals surface area contributed by atoms with E-state index in [4.69, 9.17) is 5.73 Å². The zero-order valence-corrected chi connectivity index (χ0v) is 18.6. The van der Waals surface area contributed by atoms with Gasteiger partial charge in [0.1, 0.15) is 0 Å². The minimum absolute atomic E-state index is 0.816. The summed E-state index contributed by atoms with van der Waals surface area (Å²) in [6, 6.07) is 33.9. The molecule has 1 aromatic heterocycles. The van der Waals surface area contributed by atoms with E-state index in [1.807, 2.05) is 48.5 Å². The standard InChI is InChI=1S/C18H16.C13H10N2/c1-3-7-15-13(5-1)9-11-18-16-8-4-2-6-14(16)10-12-17(15)18;14-13-9-5-1-3-7-11(9)15-12-8-4-2-6-10(12)13/h1,3,5,7,9-12H,2,4,6,8H2;1-8H,(H2,14,15). The maximum absolute atomic E-state index is 6.11. The molecule has 0 spiro atoms. The lowest BCUT2D eigenvalue weighted by Gasteiger charge is -2.18. The highest BCUT2D eigenvalue weighted by Crippen LogP contribution is 2.33. The second-order valence-corrected chi connectivity index (χ2v) is 8.85. The Labute approximate surface area is 193 Å². The predicted octanol–water partition coefficient (Wildman–Crippen LogP) is 7.84. The van der Waals surface area contributed by atoms with Gasteiger partial charge in [-0.1, -0.05) is 84.9 Å². The molecule has 0 saturated carbocycles. The van der Waals surface area contributed by atoms with Crippen molar-refractivity contribution in [2.24, 2.45) is 0 Å². The number of para-hydroxylation sites is 2. The molecule has 0 radical (unpaired) electrons. The summed E-state index contributed by atoms with van der Waals surface area (Å²) in [6.45, 7) is 0. The van der Waals surface area contributed by atoms with Crippen LogP contribution in [0.2, 0.25) is 0 Å². The number of nitrogen functional groups attached to an aromatic ring is 1. The summed E-state index contributed by atoms with van der Waals surface area (Å²) in [7, 11) is 0. The van der Waals surface area contributed by atoms with Crippen molar-refractivity contribution in [1.82, 2.24) is 4.98 Å². The zero-order chi connectivity index (χ0) is 22.2. The van der Waals surface area contributed by atoms with Gasteiger partial charge in [0, 0.05) is 10.8 Å². The minimum Gasteiger partial charge on any atom is -0.398 e. The van der Waals surface area contributed by atoms with Crippen LogP contribution in [0.3, 0.4) is 0 Å². The maximum Gasteiger partial charge on any atom is 0.0730 e. The molecule has 0 saturated heterocycles. The van der Waals surface area contributed by atoms with E-state index in [1.54, 1.807) is 11.1 Å². The highest BCUT2D eigenvalue weighted by Gasteiger charge is 2.13. The molecule has 6 aromatic rings. The topological polar surface area (TPSA) is 38.9 Å². The molecular formula is C31H26N2. The summed E-state index contributed by atoms with van der Waals surface area (Å²) >= 11 is 0. The van der Waals surface area contributed by atoms with Crippen molar-refractivity contribution in [3.05, 3.63) is 108 Å². The second kappa shape index (κ2) is 8.22. The highest BCUT2D eigenvalue weighted by molar-refractivity contribution is 6.09. The smallest absolute Gasteiger partial charge is 0.0730 e. The molecule has 0 amide bonds. The van der Waals surface area contributed by atoms with E-state index in [1.165, 1.54) is 47.2 Å². The number of fused-ring (bicyclic) bond motifs is 7. The number of benzene rings is 5. The SMILES string of the molecule is Nc1c2ccccc2nc2ccccc12.c1ccc2c(c1)ccc1c3c(ccc12)CCCC3. The Morgan fingerprint density at radius 3 is 1.88 bits per heavy atom. The summed E-state index contributed by atoms with van der Waals surface area (Å²) in [4.78, 5) is 4.56. The van der Waals surface area contributed by atoms with Gasteiger partial charge in [-0.25, -0.2) is 4.98 Å². The number of aromatic nitrogens is 1. The van der Waals surface area contributed by atoms with Gasteiger partial charge in [-0.05, 0) is 70.5 Å². The van der Waals surface area contributed by atoms with Crippen molar-refractivity contribution in [2.45, 2.75) is 25.7 Å². The molecule has 2 heteroatoms. The van der Waals surface area contributed by atoms with Gasteiger partial charge in [0.25, 0.3) is 0 Å². The average Bonchev–Trinajstić information content (AvgIpc) is 2.89. The number of pyridine rings is 1. The fraction of sp³-hybridized carbons (Fsp3) is 0.129. The zero-order valence-electron chi connectivity index (χ0n) is 18.6. The van der Waals surface area contributed by atoms with Crippen LogP contribution in [0.15, 0.2) is 97.1 Å². The van der Waals surface area contributed by atoms with Gasteiger partial charge in [0.05, 0.1) is 16.7 Å². The van der Waals surface area contributed by atoms with Gasteiger partial charge >= 0.3 is 0 Å². The summed E-state index contributed by atoms with van der Waals surface area (Å²) in [5.74, 6) is 0. The van der Waals surface area contributed by atoms with Crippen LogP contribution in [0.25, 0.3) is 43.4 Å². The van der Waals surface area contributed by atoms with Crippen LogP contribution in [0, 0.1) is 0 Å². The van der Waals surface area contributed by atoms with Crippen LogP contribution >= 0.6 is 0 Å². The fourth-order valence-corrected chi connectivity index (χ4v) is 5.22. The molecule has 0 unspecified atom stereocenters. The Kier molecular flexibility index (Phi) is 4.92. The number of anilines is 1. The molecule has 5 aromatic carbocycles. The largest absolute Gasteiger partial charge is 0.398 e. The van der Waals surface area contributed by atoms with Crippen LogP contribution in [-0.2, 0) is 12.8 Å². The van der Waals surface area contributed by atoms with Gasteiger partial charge in [0.2, 0.25) is 0 Å². The molecule has 0 atom stereocenters. The van der Waals surface area contributed by atoms with Crippen molar-refractivity contribution in [1.29, 1.82) is 0 Å². The average molecular weight is 427 g/mol. The van der Waals surface area contributed by atoms with Crippen LogP contribution < -0.4 is 5.73 Å². The van der Waals surface area contributed by atoms with Crippen molar-refractivity contribution in [2.75, 3.05) is 5.73 Å². The van der Waals surface area contributed by atoms with Crippen LogP contribution in [0.1, 0.15) is 24.0 Å². The third kappa shape index (κ3) is 3.48. The van der Waals surface area contributed by atoms with Gasteiger partial charge in [0.15, 0.2) is 0 Å². The molecule has 0 aliphatic heterocycles. The molecule has 0 bridgehead atoms. The van der Waals surface area contributed by atoms with Crippen molar-refractivity contribution in [3.63, 3.8) is 0 Å². The van der Waals surface area contributed by atoms with E-state index >= 15 is 0 Å². The van der Waals surface area contributed by atoms with Gasteiger partial charge in [-0.2, -0.15) is 0 Å². The van der Waals surface area contributed by atoms with Crippen LogP contribution in [0.5, 0.6) is 0 Å². The first-order valence-electron chi connectivity index (χ1n) is 11.7. The lowest BCUT2D eigenvalue weighted by Crippen LogP contribution is -2.02. The lowest BCUT2D eigenvalue weighted by atomic mass is 9.86. The third-order valence-electron chi connectivity index (χ3n) is 6.89. The number of nitrogens with zero attached hydrogens (tertiary/aromatic N) is 1. The Balaban J connectivity index is 0.000000127. The van der Waals surface area contributed by atoms with Crippen molar-refractivity contribution >= 4 is 49.0 Å². The van der Waals surface area contributed by atoms with Gasteiger partial charge in [-0.3, -0.25) is 0 Å². The van der Waals surface area contributed by atoms with Crippen LogP contribution in [-0.4, -0.2) is 4.98 Å². The number of aryl methyl sites for hydroxylation is 2. The molecule has 1 heterocycles. The highest BCUT2D eigenvalue weighted by atomic mass is 14.7. The van der Waals surface area contributed by atoms with E-state index in [0.29, 0.717) is 0 Å². The number of nitrogens with two attached hydrogens (primary N) is 1. The quantitative estimate of drug-likeness (QED) is 0.198. The molecule has 0 fully saturated rings. The monoisotopic (exact) mass is 426 g/mol. The molecule has 1 aliphatic rings.